The zero-order chi connectivity index (χ0) is 21.7. The third-order valence-electron chi connectivity index (χ3n) is 7.17. The van der Waals surface area contributed by atoms with Crippen molar-refractivity contribution in [2.45, 2.75) is 38.0 Å². The SMILES string of the molecule is CCN1CCC2(CC1)Oc1c(OC)cccc1[C@H]1CC(c3ccc4c(c3)OCCO4)=NN12. The number of piperidine rings is 1. The van der Waals surface area contributed by atoms with Gasteiger partial charge in [-0.25, -0.2) is 5.01 Å². The summed E-state index contributed by atoms with van der Waals surface area (Å²) in [5, 5.41) is 7.42. The summed E-state index contributed by atoms with van der Waals surface area (Å²) in [6, 6.07) is 12.4. The third kappa shape index (κ3) is 3.02. The number of methoxy groups -OCH3 is 1. The molecule has 7 nitrogen and oxygen atoms in total. The Bertz CT molecular complexity index is 1060. The van der Waals surface area contributed by atoms with Gasteiger partial charge in [-0.2, -0.15) is 5.10 Å². The summed E-state index contributed by atoms with van der Waals surface area (Å²) >= 11 is 0. The highest BCUT2D eigenvalue weighted by Crippen LogP contribution is 2.52. The van der Waals surface area contributed by atoms with Gasteiger partial charge in [-0.15, -0.1) is 0 Å². The minimum Gasteiger partial charge on any atom is -0.493 e. The van der Waals surface area contributed by atoms with Gasteiger partial charge in [-0.3, -0.25) is 0 Å². The molecule has 2 aromatic rings. The molecule has 0 radical (unpaired) electrons. The smallest absolute Gasteiger partial charge is 0.200 e. The molecule has 1 fully saturated rings. The van der Waals surface area contributed by atoms with Gasteiger partial charge in [0, 0.05) is 43.5 Å². The van der Waals surface area contributed by atoms with Crippen LogP contribution < -0.4 is 18.9 Å². The van der Waals surface area contributed by atoms with Crippen LogP contribution in [0, 0.1) is 0 Å². The topological polar surface area (TPSA) is 55.8 Å². The zero-order valence-corrected chi connectivity index (χ0v) is 18.7. The van der Waals surface area contributed by atoms with Crippen molar-refractivity contribution in [1.82, 2.24) is 9.91 Å². The van der Waals surface area contributed by atoms with Gasteiger partial charge >= 0.3 is 0 Å². The molecule has 0 aromatic heterocycles. The number of nitrogens with zero attached hydrogens (tertiary/aromatic N) is 3. The van der Waals surface area contributed by atoms with E-state index in [0.717, 1.165) is 78.7 Å². The van der Waals surface area contributed by atoms with Crippen LogP contribution in [-0.2, 0) is 0 Å². The molecular formula is C25H29N3O4. The fourth-order valence-electron chi connectivity index (χ4n) is 5.38. The number of benzene rings is 2. The predicted octanol–water partition coefficient (Wildman–Crippen LogP) is 3.82. The molecule has 0 aliphatic carbocycles. The van der Waals surface area contributed by atoms with Crippen molar-refractivity contribution < 1.29 is 18.9 Å². The van der Waals surface area contributed by atoms with Crippen LogP contribution in [-0.4, -0.2) is 61.3 Å². The first-order valence-electron chi connectivity index (χ1n) is 11.6. The van der Waals surface area contributed by atoms with Gasteiger partial charge in [0.25, 0.3) is 0 Å². The molecule has 32 heavy (non-hydrogen) atoms. The summed E-state index contributed by atoms with van der Waals surface area (Å²) in [4.78, 5) is 2.48. The third-order valence-corrected chi connectivity index (χ3v) is 7.17. The summed E-state index contributed by atoms with van der Waals surface area (Å²) in [6.07, 6.45) is 2.64. The molecule has 0 amide bonds. The van der Waals surface area contributed by atoms with Gasteiger partial charge in [0.1, 0.15) is 13.2 Å². The van der Waals surface area contributed by atoms with Crippen molar-refractivity contribution in [1.29, 1.82) is 0 Å². The fraction of sp³-hybridized carbons (Fsp3) is 0.480. The average molecular weight is 436 g/mol. The van der Waals surface area contributed by atoms with Gasteiger partial charge in [-0.05, 0) is 30.8 Å². The second-order valence-electron chi connectivity index (χ2n) is 8.83. The molecule has 4 heterocycles. The van der Waals surface area contributed by atoms with E-state index in [-0.39, 0.29) is 6.04 Å². The van der Waals surface area contributed by atoms with Gasteiger partial charge in [0.05, 0.1) is 18.9 Å². The Labute approximate surface area is 188 Å². The van der Waals surface area contributed by atoms with Crippen LogP contribution in [0.1, 0.15) is 43.4 Å². The van der Waals surface area contributed by atoms with E-state index in [1.165, 1.54) is 0 Å². The second-order valence-corrected chi connectivity index (χ2v) is 8.83. The molecule has 0 bridgehead atoms. The lowest BCUT2D eigenvalue weighted by atomic mass is 9.90. The zero-order valence-electron chi connectivity index (χ0n) is 18.7. The van der Waals surface area contributed by atoms with Crippen LogP contribution in [0.5, 0.6) is 23.0 Å². The first kappa shape index (κ1) is 19.7. The number of likely N-dealkylation sites (tertiary alicyclic amines) is 1. The molecule has 0 N–H and O–H groups in total. The maximum atomic E-state index is 6.79. The van der Waals surface area contributed by atoms with E-state index in [0.29, 0.717) is 13.2 Å². The van der Waals surface area contributed by atoms with E-state index in [9.17, 15) is 0 Å². The number of hydrogen-bond acceptors (Lipinski definition) is 7. The molecule has 7 heteroatoms. The molecule has 0 unspecified atom stereocenters. The normalized spacial score (nSPS) is 23.2. The van der Waals surface area contributed by atoms with Gasteiger partial charge < -0.3 is 23.8 Å². The summed E-state index contributed by atoms with van der Waals surface area (Å²) in [6.45, 7) is 6.45. The Kier molecular flexibility index (Phi) is 4.68. The van der Waals surface area contributed by atoms with Crippen molar-refractivity contribution in [2.24, 2.45) is 5.10 Å². The van der Waals surface area contributed by atoms with Gasteiger partial charge in [0.2, 0.25) is 5.72 Å². The first-order chi connectivity index (χ1) is 15.7. The lowest BCUT2D eigenvalue weighted by molar-refractivity contribution is -0.150. The molecule has 1 atom stereocenters. The molecule has 2 aromatic carbocycles. The van der Waals surface area contributed by atoms with E-state index in [2.05, 4.69) is 35.0 Å². The minimum atomic E-state index is -0.451. The van der Waals surface area contributed by atoms with E-state index < -0.39 is 5.72 Å². The average Bonchev–Trinajstić information content (AvgIpc) is 3.31. The Morgan fingerprint density at radius 2 is 1.91 bits per heavy atom. The quantitative estimate of drug-likeness (QED) is 0.731. The molecular weight excluding hydrogens is 406 g/mol. The summed E-state index contributed by atoms with van der Waals surface area (Å²) in [5.41, 5.74) is 2.83. The summed E-state index contributed by atoms with van der Waals surface area (Å²) < 4.78 is 24.0. The number of fused-ring (bicyclic) bond motifs is 5. The summed E-state index contributed by atoms with van der Waals surface area (Å²) in [5.74, 6) is 3.27. The lowest BCUT2D eigenvalue weighted by Crippen LogP contribution is -2.59. The molecule has 6 rings (SSSR count). The van der Waals surface area contributed by atoms with Crippen molar-refractivity contribution in [3.63, 3.8) is 0 Å². The molecule has 0 saturated carbocycles. The van der Waals surface area contributed by atoms with Crippen LogP contribution in [0.25, 0.3) is 0 Å². The van der Waals surface area contributed by atoms with E-state index in [1.54, 1.807) is 7.11 Å². The van der Waals surface area contributed by atoms with E-state index >= 15 is 0 Å². The second kappa shape index (κ2) is 7.59. The number of rotatable bonds is 3. The highest BCUT2D eigenvalue weighted by Gasteiger charge is 2.52. The molecule has 4 aliphatic rings. The highest BCUT2D eigenvalue weighted by atomic mass is 16.6. The number of ether oxygens (including phenoxy) is 4. The largest absolute Gasteiger partial charge is 0.493 e. The van der Waals surface area contributed by atoms with Crippen LogP contribution in [0.2, 0.25) is 0 Å². The monoisotopic (exact) mass is 435 g/mol. The fourth-order valence-corrected chi connectivity index (χ4v) is 5.38. The van der Waals surface area contributed by atoms with Crippen molar-refractivity contribution in [3.05, 3.63) is 47.5 Å². The maximum Gasteiger partial charge on any atom is 0.200 e. The van der Waals surface area contributed by atoms with Crippen LogP contribution >= 0.6 is 0 Å². The molecule has 1 saturated heterocycles. The standard InChI is InChI=1S/C25H29N3O4/c1-3-27-11-9-25(10-12-27)28-20(18-5-4-6-22(29-2)24(18)32-25)16-19(26-28)17-7-8-21-23(15-17)31-14-13-30-21/h4-8,15,20H,3,9-14,16H2,1-2H3/t20-/m1/s1. The highest BCUT2D eigenvalue weighted by molar-refractivity contribution is 6.02. The van der Waals surface area contributed by atoms with Crippen molar-refractivity contribution >= 4 is 5.71 Å². The Morgan fingerprint density at radius 1 is 1.09 bits per heavy atom. The number of hydrazone groups is 1. The Hall–Kier alpha value is -2.93. The van der Waals surface area contributed by atoms with Crippen molar-refractivity contribution in [2.75, 3.05) is 40.0 Å². The maximum absolute atomic E-state index is 6.79. The van der Waals surface area contributed by atoms with E-state index in [1.807, 2.05) is 18.2 Å². The molecule has 4 aliphatic heterocycles. The number of para-hydroxylation sites is 1. The van der Waals surface area contributed by atoms with Crippen molar-refractivity contribution in [3.8, 4) is 23.0 Å². The van der Waals surface area contributed by atoms with E-state index in [4.69, 9.17) is 24.0 Å². The predicted molar refractivity (Wildman–Crippen MR) is 121 cm³/mol. The Morgan fingerprint density at radius 3 is 2.69 bits per heavy atom. The van der Waals surface area contributed by atoms with Crippen LogP contribution in [0.15, 0.2) is 41.5 Å². The van der Waals surface area contributed by atoms with Gasteiger partial charge in [-0.1, -0.05) is 19.1 Å². The Balaban J connectivity index is 1.41. The van der Waals surface area contributed by atoms with Crippen LogP contribution in [0.4, 0.5) is 0 Å². The summed E-state index contributed by atoms with van der Waals surface area (Å²) in [7, 11) is 1.71. The first-order valence-corrected chi connectivity index (χ1v) is 11.6. The minimum absolute atomic E-state index is 0.130. The van der Waals surface area contributed by atoms with Gasteiger partial charge in [0.15, 0.2) is 23.0 Å². The molecule has 168 valence electrons. The number of hydrogen-bond donors (Lipinski definition) is 0. The lowest BCUT2D eigenvalue weighted by Gasteiger charge is -2.51. The van der Waals surface area contributed by atoms with Crippen LogP contribution in [0.3, 0.4) is 0 Å². The molecule has 1 spiro atoms.